The van der Waals surface area contributed by atoms with Gasteiger partial charge in [-0.25, -0.2) is 4.98 Å². The van der Waals surface area contributed by atoms with E-state index in [4.69, 9.17) is 16.3 Å². The fourth-order valence-corrected chi connectivity index (χ4v) is 2.70. The van der Waals surface area contributed by atoms with Crippen LogP contribution in [0.25, 0.3) is 0 Å². The Morgan fingerprint density at radius 1 is 1.39 bits per heavy atom. The lowest BCUT2D eigenvalue weighted by Gasteiger charge is -2.10. The summed E-state index contributed by atoms with van der Waals surface area (Å²) in [5.41, 5.74) is 0.989. The van der Waals surface area contributed by atoms with Gasteiger partial charge in [0, 0.05) is 34.7 Å². The molecule has 5 heteroatoms. The van der Waals surface area contributed by atoms with Gasteiger partial charge >= 0.3 is 0 Å². The average Bonchev–Trinajstić information content (AvgIpc) is 2.77. The lowest BCUT2D eigenvalue weighted by molar-refractivity contribution is 0.408. The maximum atomic E-state index is 6.16. The molecule has 0 saturated carbocycles. The van der Waals surface area contributed by atoms with Gasteiger partial charge in [0.05, 0.1) is 12.1 Å². The predicted molar refractivity (Wildman–Crippen MR) is 75.4 cm³/mol. The number of halogens is 1. The second kappa shape index (κ2) is 6.18. The normalized spacial score (nSPS) is 10.6. The summed E-state index contributed by atoms with van der Waals surface area (Å²) in [6.07, 6.45) is 1.90. The Hall–Kier alpha value is -1.10. The molecule has 0 atom stereocenters. The Morgan fingerprint density at radius 2 is 2.22 bits per heavy atom. The number of nitrogens with zero attached hydrogens (tertiary/aromatic N) is 1. The Morgan fingerprint density at radius 3 is 2.89 bits per heavy atom. The molecule has 0 amide bonds. The van der Waals surface area contributed by atoms with Crippen LogP contribution in [0.15, 0.2) is 24.4 Å². The SMILES string of the molecule is COc1cccc(Cl)c1CNCc1cnc(C)s1. The van der Waals surface area contributed by atoms with Crippen molar-refractivity contribution < 1.29 is 4.74 Å². The monoisotopic (exact) mass is 282 g/mol. The van der Waals surface area contributed by atoms with Gasteiger partial charge in [0.2, 0.25) is 0 Å². The molecule has 1 aromatic carbocycles. The smallest absolute Gasteiger partial charge is 0.124 e. The molecule has 2 aromatic rings. The summed E-state index contributed by atoms with van der Waals surface area (Å²) in [7, 11) is 1.65. The minimum Gasteiger partial charge on any atom is -0.496 e. The fraction of sp³-hybridized carbons (Fsp3) is 0.308. The first-order chi connectivity index (χ1) is 8.70. The summed E-state index contributed by atoms with van der Waals surface area (Å²) in [6, 6.07) is 5.68. The van der Waals surface area contributed by atoms with Gasteiger partial charge < -0.3 is 10.1 Å². The van der Waals surface area contributed by atoms with E-state index >= 15 is 0 Å². The second-order valence-corrected chi connectivity index (χ2v) is 5.60. The zero-order valence-electron chi connectivity index (χ0n) is 10.4. The first-order valence-corrected chi connectivity index (χ1v) is 6.83. The van der Waals surface area contributed by atoms with E-state index in [1.165, 1.54) is 4.88 Å². The van der Waals surface area contributed by atoms with Crippen molar-refractivity contribution in [2.45, 2.75) is 20.0 Å². The summed E-state index contributed by atoms with van der Waals surface area (Å²) < 4.78 is 5.30. The maximum absolute atomic E-state index is 6.16. The summed E-state index contributed by atoms with van der Waals surface area (Å²) >= 11 is 7.86. The highest BCUT2D eigenvalue weighted by molar-refractivity contribution is 7.11. The molecule has 0 unspecified atom stereocenters. The van der Waals surface area contributed by atoms with Crippen molar-refractivity contribution in [1.82, 2.24) is 10.3 Å². The Kier molecular flexibility index (Phi) is 4.58. The van der Waals surface area contributed by atoms with Gasteiger partial charge in [-0.2, -0.15) is 0 Å². The summed E-state index contributed by atoms with van der Waals surface area (Å²) in [5, 5.41) is 5.16. The number of thiazole rings is 1. The summed E-state index contributed by atoms with van der Waals surface area (Å²) in [5.74, 6) is 0.815. The van der Waals surface area contributed by atoms with E-state index < -0.39 is 0 Å². The molecule has 1 aromatic heterocycles. The van der Waals surface area contributed by atoms with Crippen molar-refractivity contribution in [2.75, 3.05) is 7.11 Å². The van der Waals surface area contributed by atoms with E-state index in [1.807, 2.05) is 31.3 Å². The van der Waals surface area contributed by atoms with Gasteiger partial charge in [0.25, 0.3) is 0 Å². The number of ether oxygens (including phenoxy) is 1. The van der Waals surface area contributed by atoms with Crippen LogP contribution in [0.1, 0.15) is 15.4 Å². The number of nitrogens with one attached hydrogen (secondary N) is 1. The van der Waals surface area contributed by atoms with Crippen LogP contribution in [0.4, 0.5) is 0 Å². The molecule has 1 heterocycles. The zero-order valence-corrected chi connectivity index (χ0v) is 11.9. The van der Waals surface area contributed by atoms with Crippen LogP contribution >= 0.6 is 22.9 Å². The van der Waals surface area contributed by atoms with Gasteiger partial charge in [-0.05, 0) is 19.1 Å². The van der Waals surface area contributed by atoms with Crippen molar-refractivity contribution >= 4 is 22.9 Å². The lowest BCUT2D eigenvalue weighted by Crippen LogP contribution is -2.13. The molecule has 0 aliphatic rings. The predicted octanol–water partition coefficient (Wildman–Crippen LogP) is 3.40. The fourth-order valence-electron chi connectivity index (χ4n) is 1.70. The summed E-state index contributed by atoms with van der Waals surface area (Å²) in [4.78, 5) is 5.44. The molecule has 0 aliphatic carbocycles. The van der Waals surface area contributed by atoms with Crippen LogP contribution in [0.2, 0.25) is 5.02 Å². The number of benzene rings is 1. The van der Waals surface area contributed by atoms with E-state index in [9.17, 15) is 0 Å². The first kappa shape index (κ1) is 13.3. The van der Waals surface area contributed by atoms with Crippen molar-refractivity contribution in [3.8, 4) is 5.75 Å². The van der Waals surface area contributed by atoms with Gasteiger partial charge in [-0.1, -0.05) is 17.7 Å². The van der Waals surface area contributed by atoms with Crippen molar-refractivity contribution in [1.29, 1.82) is 0 Å². The van der Waals surface area contributed by atoms with Crippen molar-refractivity contribution in [3.63, 3.8) is 0 Å². The molecule has 0 bridgehead atoms. The number of aryl methyl sites for hydroxylation is 1. The number of hydrogen-bond donors (Lipinski definition) is 1. The average molecular weight is 283 g/mol. The lowest BCUT2D eigenvalue weighted by atomic mass is 10.2. The molecule has 18 heavy (non-hydrogen) atoms. The Balaban J connectivity index is 1.98. The van der Waals surface area contributed by atoms with E-state index in [-0.39, 0.29) is 0 Å². The van der Waals surface area contributed by atoms with E-state index in [2.05, 4.69) is 10.3 Å². The molecule has 0 radical (unpaired) electrons. The van der Waals surface area contributed by atoms with Crippen molar-refractivity contribution in [2.24, 2.45) is 0 Å². The molecule has 96 valence electrons. The van der Waals surface area contributed by atoms with Gasteiger partial charge in [-0.3, -0.25) is 0 Å². The van der Waals surface area contributed by atoms with E-state index in [0.717, 1.165) is 27.9 Å². The zero-order chi connectivity index (χ0) is 13.0. The third-order valence-electron chi connectivity index (χ3n) is 2.57. The maximum Gasteiger partial charge on any atom is 0.124 e. The van der Waals surface area contributed by atoms with Gasteiger partial charge in [0.15, 0.2) is 0 Å². The van der Waals surface area contributed by atoms with Crippen LogP contribution in [0.5, 0.6) is 5.75 Å². The van der Waals surface area contributed by atoms with Crippen LogP contribution < -0.4 is 10.1 Å². The molecule has 0 spiro atoms. The van der Waals surface area contributed by atoms with Gasteiger partial charge in [-0.15, -0.1) is 11.3 Å². The quantitative estimate of drug-likeness (QED) is 0.913. The molecular weight excluding hydrogens is 268 g/mol. The molecule has 3 nitrogen and oxygen atoms in total. The van der Waals surface area contributed by atoms with Crippen LogP contribution in [-0.4, -0.2) is 12.1 Å². The minimum atomic E-state index is 0.680. The standard InChI is InChI=1S/C13H15ClN2OS/c1-9-16-7-10(18-9)6-15-8-11-12(14)4-3-5-13(11)17-2/h3-5,7,15H,6,8H2,1-2H3. The van der Waals surface area contributed by atoms with Crippen LogP contribution in [0, 0.1) is 6.92 Å². The molecule has 0 aliphatic heterocycles. The molecule has 2 rings (SSSR count). The third kappa shape index (κ3) is 3.22. The van der Waals surface area contributed by atoms with E-state index in [1.54, 1.807) is 18.4 Å². The Labute approximate surface area is 116 Å². The molecule has 0 saturated heterocycles. The van der Waals surface area contributed by atoms with Gasteiger partial charge in [0.1, 0.15) is 5.75 Å². The number of aromatic nitrogens is 1. The van der Waals surface area contributed by atoms with E-state index in [0.29, 0.717) is 6.54 Å². The Bertz CT molecular complexity index is 527. The van der Waals surface area contributed by atoms with Crippen LogP contribution in [0.3, 0.4) is 0 Å². The van der Waals surface area contributed by atoms with Crippen LogP contribution in [-0.2, 0) is 13.1 Å². The number of methoxy groups -OCH3 is 1. The third-order valence-corrected chi connectivity index (χ3v) is 3.83. The molecular formula is C13H15ClN2OS. The van der Waals surface area contributed by atoms with Crippen molar-refractivity contribution in [3.05, 3.63) is 44.9 Å². The number of rotatable bonds is 5. The topological polar surface area (TPSA) is 34.1 Å². The second-order valence-electron chi connectivity index (χ2n) is 3.87. The highest BCUT2D eigenvalue weighted by Crippen LogP contribution is 2.26. The highest BCUT2D eigenvalue weighted by Gasteiger charge is 2.07. The molecule has 1 N–H and O–H groups in total. The largest absolute Gasteiger partial charge is 0.496 e. The number of hydrogen-bond acceptors (Lipinski definition) is 4. The minimum absolute atomic E-state index is 0.680. The first-order valence-electron chi connectivity index (χ1n) is 5.64. The highest BCUT2D eigenvalue weighted by atomic mass is 35.5. The summed E-state index contributed by atoms with van der Waals surface area (Å²) in [6.45, 7) is 3.48. The molecule has 0 fully saturated rings.